The molecule has 4 nitrogen and oxygen atoms in total. The van der Waals surface area contributed by atoms with Crippen LogP contribution in [0, 0.1) is 13.8 Å². The van der Waals surface area contributed by atoms with Crippen LogP contribution in [0.3, 0.4) is 0 Å². The van der Waals surface area contributed by atoms with E-state index in [0.717, 1.165) is 16.4 Å². The summed E-state index contributed by atoms with van der Waals surface area (Å²) in [6.45, 7) is 3.72. The lowest BCUT2D eigenvalue weighted by atomic mass is 10.2. The molecule has 0 bridgehead atoms. The van der Waals surface area contributed by atoms with Crippen molar-refractivity contribution in [1.82, 2.24) is 8.75 Å². The molecule has 2 rings (SSSR count). The maximum Gasteiger partial charge on any atom is 0.259 e. The predicted octanol–water partition coefficient (Wildman–Crippen LogP) is 2.47. The molecule has 0 radical (unpaired) electrons. The van der Waals surface area contributed by atoms with Gasteiger partial charge >= 0.3 is 0 Å². The number of carbonyl (C=O) groups is 1. The van der Waals surface area contributed by atoms with E-state index in [4.69, 9.17) is 0 Å². The summed E-state index contributed by atoms with van der Waals surface area (Å²) < 4.78 is 8.14. The highest BCUT2D eigenvalue weighted by atomic mass is 32.1. The van der Waals surface area contributed by atoms with Crippen molar-refractivity contribution in [2.75, 3.05) is 5.32 Å². The number of amides is 1. The molecule has 0 atom stereocenters. The van der Waals surface area contributed by atoms with Gasteiger partial charge in [-0.3, -0.25) is 4.79 Å². The summed E-state index contributed by atoms with van der Waals surface area (Å²) in [6, 6.07) is 1.84. The first kappa shape index (κ1) is 10.3. The molecule has 1 N–H and O–H groups in total. The Kier molecular flexibility index (Phi) is 2.79. The van der Waals surface area contributed by atoms with E-state index < -0.39 is 0 Å². The molecule has 78 valence electrons. The smallest absolute Gasteiger partial charge is 0.259 e. The van der Waals surface area contributed by atoms with E-state index in [-0.39, 0.29) is 5.91 Å². The number of rotatable bonds is 2. The number of carbonyl (C=O) groups excluding carboxylic acids is 1. The Morgan fingerprint density at radius 1 is 1.40 bits per heavy atom. The molecule has 2 aromatic heterocycles. The van der Waals surface area contributed by atoms with E-state index in [1.165, 1.54) is 23.1 Å². The van der Waals surface area contributed by atoms with Gasteiger partial charge in [0.05, 0.1) is 17.0 Å². The van der Waals surface area contributed by atoms with E-state index in [1.54, 1.807) is 5.38 Å². The van der Waals surface area contributed by atoms with Crippen LogP contribution in [0.4, 0.5) is 5.00 Å². The number of nitrogens with zero attached hydrogens (tertiary/aromatic N) is 2. The molecular formula is C9H9N3OS2. The van der Waals surface area contributed by atoms with Crippen LogP contribution in [0.1, 0.15) is 21.7 Å². The van der Waals surface area contributed by atoms with Gasteiger partial charge in [-0.05, 0) is 43.0 Å². The van der Waals surface area contributed by atoms with Crippen molar-refractivity contribution in [3.05, 3.63) is 28.4 Å². The van der Waals surface area contributed by atoms with Crippen LogP contribution in [0.2, 0.25) is 0 Å². The summed E-state index contributed by atoms with van der Waals surface area (Å²) in [7, 11) is 0. The van der Waals surface area contributed by atoms with Crippen molar-refractivity contribution in [3.8, 4) is 0 Å². The largest absolute Gasteiger partial charge is 0.312 e. The molecular weight excluding hydrogens is 230 g/mol. The van der Waals surface area contributed by atoms with Gasteiger partial charge in [-0.25, -0.2) is 0 Å². The molecule has 0 spiro atoms. The minimum Gasteiger partial charge on any atom is -0.312 e. The summed E-state index contributed by atoms with van der Waals surface area (Å²) in [5, 5.41) is 5.31. The fourth-order valence-electron chi connectivity index (χ4n) is 1.11. The molecule has 15 heavy (non-hydrogen) atoms. The SMILES string of the molecule is Cc1cc(NC(=O)c2csnc2C)sn1. The Labute approximate surface area is 95.3 Å². The van der Waals surface area contributed by atoms with Gasteiger partial charge in [0.2, 0.25) is 0 Å². The van der Waals surface area contributed by atoms with Crippen LogP contribution >= 0.6 is 23.1 Å². The van der Waals surface area contributed by atoms with Gasteiger partial charge in [0, 0.05) is 5.38 Å². The summed E-state index contributed by atoms with van der Waals surface area (Å²) in [5.41, 5.74) is 2.31. The maximum absolute atomic E-state index is 11.7. The third kappa shape index (κ3) is 2.21. The molecule has 0 saturated heterocycles. The number of nitrogens with one attached hydrogen (secondary N) is 1. The van der Waals surface area contributed by atoms with E-state index in [9.17, 15) is 4.79 Å². The van der Waals surface area contributed by atoms with Gasteiger partial charge in [-0.2, -0.15) is 8.75 Å². The van der Waals surface area contributed by atoms with Crippen LogP contribution in [-0.4, -0.2) is 14.7 Å². The summed E-state index contributed by atoms with van der Waals surface area (Å²) in [4.78, 5) is 11.7. The molecule has 0 aliphatic rings. The second-order valence-corrected chi connectivity index (χ2v) is 4.53. The van der Waals surface area contributed by atoms with Gasteiger partial charge in [0.25, 0.3) is 5.91 Å². The molecule has 0 fully saturated rings. The normalized spacial score (nSPS) is 10.3. The number of aromatic nitrogens is 2. The van der Waals surface area contributed by atoms with Crippen molar-refractivity contribution in [1.29, 1.82) is 0 Å². The molecule has 2 aromatic rings. The van der Waals surface area contributed by atoms with E-state index in [1.807, 2.05) is 19.9 Å². The van der Waals surface area contributed by atoms with Crippen LogP contribution in [0.5, 0.6) is 0 Å². The van der Waals surface area contributed by atoms with Crippen molar-refractivity contribution >= 4 is 34.0 Å². The average Bonchev–Trinajstić information content (AvgIpc) is 2.75. The molecule has 6 heteroatoms. The zero-order valence-corrected chi connectivity index (χ0v) is 9.91. The second-order valence-electron chi connectivity index (χ2n) is 3.10. The molecule has 2 heterocycles. The van der Waals surface area contributed by atoms with Gasteiger partial charge in [-0.15, -0.1) is 0 Å². The van der Waals surface area contributed by atoms with Gasteiger partial charge in [0.15, 0.2) is 0 Å². The van der Waals surface area contributed by atoms with E-state index in [2.05, 4.69) is 14.1 Å². The lowest BCUT2D eigenvalue weighted by Crippen LogP contribution is -2.11. The Bertz CT molecular complexity index is 489. The third-order valence-electron chi connectivity index (χ3n) is 1.86. The summed E-state index contributed by atoms with van der Waals surface area (Å²) in [6.07, 6.45) is 0. The first-order valence-electron chi connectivity index (χ1n) is 4.32. The lowest BCUT2D eigenvalue weighted by molar-refractivity contribution is 0.102. The fourth-order valence-corrected chi connectivity index (χ4v) is 2.46. The van der Waals surface area contributed by atoms with Gasteiger partial charge in [0.1, 0.15) is 5.00 Å². The molecule has 0 unspecified atom stereocenters. The quantitative estimate of drug-likeness (QED) is 0.875. The first-order valence-corrected chi connectivity index (χ1v) is 5.93. The van der Waals surface area contributed by atoms with E-state index >= 15 is 0 Å². The monoisotopic (exact) mass is 239 g/mol. The zero-order valence-electron chi connectivity index (χ0n) is 8.27. The number of hydrogen-bond donors (Lipinski definition) is 1. The van der Waals surface area contributed by atoms with Crippen molar-refractivity contribution < 1.29 is 4.79 Å². The van der Waals surface area contributed by atoms with Crippen molar-refractivity contribution in [2.45, 2.75) is 13.8 Å². The number of aryl methyl sites for hydroxylation is 2. The standard InChI is InChI=1S/C9H9N3OS2/c1-5-3-8(15-11-5)10-9(13)7-4-14-12-6(7)2/h3-4H,1-2H3,(H,10,13). The number of anilines is 1. The Balaban J connectivity index is 2.14. The molecule has 0 aliphatic carbocycles. The highest BCUT2D eigenvalue weighted by Gasteiger charge is 2.12. The van der Waals surface area contributed by atoms with Crippen LogP contribution in [0.25, 0.3) is 0 Å². The van der Waals surface area contributed by atoms with Gasteiger partial charge < -0.3 is 5.32 Å². The van der Waals surface area contributed by atoms with Gasteiger partial charge in [-0.1, -0.05) is 0 Å². The first-order chi connectivity index (χ1) is 7.16. The summed E-state index contributed by atoms with van der Waals surface area (Å²) in [5.74, 6) is -0.120. The maximum atomic E-state index is 11.7. The van der Waals surface area contributed by atoms with E-state index in [0.29, 0.717) is 5.56 Å². The van der Waals surface area contributed by atoms with Crippen molar-refractivity contribution in [2.24, 2.45) is 0 Å². The highest BCUT2D eigenvalue weighted by molar-refractivity contribution is 7.10. The van der Waals surface area contributed by atoms with Crippen molar-refractivity contribution in [3.63, 3.8) is 0 Å². The zero-order chi connectivity index (χ0) is 10.8. The molecule has 0 aromatic carbocycles. The van der Waals surface area contributed by atoms with Crippen LogP contribution < -0.4 is 5.32 Å². The molecule has 0 saturated carbocycles. The Morgan fingerprint density at radius 2 is 2.20 bits per heavy atom. The Morgan fingerprint density at radius 3 is 2.73 bits per heavy atom. The summed E-state index contributed by atoms with van der Waals surface area (Å²) >= 11 is 2.57. The minimum atomic E-state index is -0.120. The number of hydrogen-bond acceptors (Lipinski definition) is 5. The molecule has 1 amide bonds. The predicted molar refractivity (Wildman–Crippen MR) is 61.7 cm³/mol. The average molecular weight is 239 g/mol. The lowest BCUT2D eigenvalue weighted by Gasteiger charge is -1.99. The topological polar surface area (TPSA) is 54.9 Å². The third-order valence-corrected chi connectivity index (χ3v) is 3.38. The highest BCUT2D eigenvalue weighted by Crippen LogP contribution is 2.18. The Hall–Kier alpha value is -1.27. The van der Waals surface area contributed by atoms with Crippen LogP contribution in [0.15, 0.2) is 11.4 Å². The van der Waals surface area contributed by atoms with Crippen LogP contribution in [-0.2, 0) is 0 Å². The fraction of sp³-hybridized carbons (Fsp3) is 0.222. The minimum absolute atomic E-state index is 0.120. The second kappa shape index (κ2) is 4.08. The molecule has 0 aliphatic heterocycles.